The third-order valence-corrected chi connectivity index (χ3v) is 6.28. The highest BCUT2D eigenvalue weighted by molar-refractivity contribution is 7.98. The van der Waals surface area contributed by atoms with Crippen LogP contribution in [0.1, 0.15) is 18.2 Å². The van der Waals surface area contributed by atoms with Crippen LogP contribution in [0.4, 0.5) is 4.39 Å². The van der Waals surface area contributed by atoms with Gasteiger partial charge >= 0.3 is 0 Å². The minimum Gasteiger partial charge on any atom is -0.302 e. The number of aromatic nitrogens is 4. The number of hydrogen-bond donors (Lipinski definition) is 0. The highest BCUT2D eigenvalue weighted by atomic mass is 32.2. The number of aryl methyl sites for hydroxylation is 1. The molecule has 2 heterocycles. The molecule has 0 aliphatic heterocycles. The minimum atomic E-state index is -0.256. The molecular formula is C21H19FN4S2. The summed E-state index contributed by atoms with van der Waals surface area (Å²) in [5.74, 6) is 1.22. The van der Waals surface area contributed by atoms with Gasteiger partial charge in [0.25, 0.3) is 0 Å². The van der Waals surface area contributed by atoms with Crippen molar-refractivity contribution in [3.8, 4) is 22.0 Å². The predicted molar refractivity (Wildman–Crippen MR) is 113 cm³/mol. The summed E-state index contributed by atoms with van der Waals surface area (Å²) in [6.07, 6.45) is 0. The first-order valence-electron chi connectivity index (χ1n) is 8.97. The molecule has 7 heteroatoms. The number of nitrogens with zero attached hydrogens (tertiary/aromatic N) is 4. The molecule has 0 saturated heterocycles. The van der Waals surface area contributed by atoms with Crippen LogP contribution < -0.4 is 0 Å². The summed E-state index contributed by atoms with van der Waals surface area (Å²) in [5.41, 5.74) is 4.27. The molecular weight excluding hydrogens is 391 g/mol. The zero-order chi connectivity index (χ0) is 19.5. The van der Waals surface area contributed by atoms with Gasteiger partial charge in [-0.15, -0.1) is 21.5 Å². The van der Waals surface area contributed by atoms with E-state index in [4.69, 9.17) is 4.98 Å². The third kappa shape index (κ3) is 4.00. The fraction of sp³-hybridized carbons (Fsp3) is 0.190. The number of benzene rings is 2. The highest BCUT2D eigenvalue weighted by Gasteiger charge is 2.14. The Hall–Kier alpha value is -2.51. The average molecular weight is 411 g/mol. The van der Waals surface area contributed by atoms with Crippen LogP contribution in [0.3, 0.4) is 0 Å². The van der Waals surface area contributed by atoms with Crippen LogP contribution in [-0.4, -0.2) is 19.7 Å². The van der Waals surface area contributed by atoms with Gasteiger partial charge in [-0.25, -0.2) is 9.37 Å². The number of thioether (sulfide) groups is 1. The van der Waals surface area contributed by atoms with E-state index in [1.54, 1.807) is 35.2 Å². The van der Waals surface area contributed by atoms with Crippen LogP contribution >= 0.6 is 23.1 Å². The Kier molecular flexibility index (Phi) is 5.54. The van der Waals surface area contributed by atoms with Crippen molar-refractivity contribution >= 4 is 23.1 Å². The zero-order valence-corrected chi connectivity index (χ0v) is 17.2. The average Bonchev–Trinajstić information content (AvgIpc) is 3.34. The minimum absolute atomic E-state index is 0.256. The van der Waals surface area contributed by atoms with Crippen LogP contribution in [0.25, 0.3) is 22.0 Å². The quantitative estimate of drug-likeness (QED) is 0.375. The second-order valence-corrected chi connectivity index (χ2v) is 8.16. The van der Waals surface area contributed by atoms with E-state index < -0.39 is 0 Å². The smallest absolute Gasteiger partial charge is 0.191 e. The lowest BCUT2D eigenvalue weighted by Gasteiger charge is -2.06. The Bertz CT molecular complexity index is 1070. The first-order valence-corrected chi connectivity index (χ1v) is 10.8. The van der Waals surface area contributed by atoms with E-state index in [1.165, 1.54) is 17.7 Å². The lowest BCUT2D eigenvalue weighted by molar-refractivity contribution is 0.627. The first kappa shape index (κ1) is 18.8. The number of thiazole rings is 1. The fourth-order valence-electron chi connectivity index (χ4n) is 2.83. The summed E-state index contributed by atoms with van der Waals surface area (Å²) in [4.78, 5) is 4.75. The maximum Gasteiger partial charge on any atom is 0.191 e. The molecule has 4 rings (SSSR count). The summed E-state index contributed by atoms with van der Waals surface area (Å²) >= 11 is 3.27. The summed E-state index contributed by atoms with van der Waals surface area (Å²) < 4.78 is 15.2. The molecule has 0 amide bonds. The van der Waals surface area contributed by atoms with Crippen LogP contribution in [-0.2, 0) is 12.3 Å². The van der Waals surface area contributed by atoms with Crippen LogP contribution in [0.2, 0.25) is 0 Å². The Morgan fingerprint density at radius 1 is 1.00 bits per heavy atom. The predicted octanol–water partition coefficient (Wildman–Crippen LogP) is 5.83. The first-order chi connectivity index (χ1) is 13.6. The van der Waals surface area contributed by atoms with Gasteiger partial charge in [-0.3, -0.25) is 0 Å². The van der Waals surface area contributed by atoms with Crippen molar-refractivity contribution < 1.29 is 4.39 Å². The Morgan fingerprint density at radius 2 is 1.71 bits per heavy atom. The molecule has 0 spiro atoms. The van der Waals surface area contributed by atoms with Crippen molar-refractivity contribution in [3.63, 3.8) is 0 Å². The molecule has 0 saturated carbocycles. The Labute approximate surface area is 171 Å². The van der Waals surface area contributed by atoms with Crippen molar-refractivity contribution in [1.29, 1.82) is 0 Å². The van der Waals surface area contributed by atoms with Gasteiger partial charge in [0.15, 0.2) is 11.0 Å². The summed E-state index contributed by atoms with van der Waals surface area (Å²) in [6.45, 7) is 4.88. The van der Waals surface area contributed by atoms with Gasteiger partial charge in [-0.1, -0.05) is 41.6 Å². The normalized spacial score (nSPS) is 11.1. The Morgan fingerprint density at radius 3 is 2.43 bits per heavy atom. The van der Waals surface area contributed by atoms with Crippen LogP contribution in [0, 0.1) is 12.7 Å². The zero-order valence-electron chi connectivity index (χ0n) is 15.6. The molecule has 4 aromatic rings. The van der Waals surface area contributed by atoms with Crippen molar-refractivity contribution in [2.75, 3.05) is 0 Å². The standard InChI is InChI=1S/C21H19FN4S2/c1-3-26-19(15-8-10-17(22)11-9-15)24-25-21(26)28-13-18-12-27-20(23-18)16-6-4-14(2)5-7-16/h4-12H,3,13H2,1-2H3. The molecule has 0 aliphatic carbocycles. The summed E-state index contributed by atoms with van der Waals surface area (Å²) in [5, 5.41) is 12.6. The van der Waals surface area contributed by atoms with E-state index in [2.05, 4.69) is 53.7 Å². The monoisotopic (exact) mass is 410 g/mol. The molecule has 0 atom stereocenters. The van der Waals surface area contributed by atoms with E-state index in [9.17, 15) is 4.39 Å². The molecule has 0 unspecified atom stereocenters. The number of rotatable bonds is 6. The van der Waals surface area contributed by atoms with Gasteiger partial charge in [0.2, 0.25) is 0 Å². The van der Waals surface area contributed by atoms with E-state index in [0.29, 0.717) is 0 Å². The molecule has 0 radical (unpaired) electrons. The van der Waals surface area contributed by atoms with Crippen molar-refractivity contribution in [1.82, 2.24) is 19.7 Å². The van der Waals surface area contributed by atoms with E-state index in [0.717, 1.165) is 45.1 Å². The molecule has 0 aliphatic rings. The molecule has 0 fully saturated rings. The van der Waals surface area contributed by atoms with Crippen LogP contribution in [0.15, 0.2) is 59.1 Å². The summed E-state index contributed by atoms with van der Waals surface area (Å²) in [6, 6.07) is 14.8. The summed E-state index contributed by atoms with van der Waals surface area (Å²) in [7, 11) is 0. The van der Waals surface area contributed by atoms with Gasteiger partial charge < -0.3 is 4.57 Å². The van der Waals surface area contributed by atoms with E-state index in [-0.39, 0.29) is 5.82 Å². The van der Waals surface area contributed by atoms with Crippen molar-refractivity contribution in [3.05, 3.63) is 71.0 Å². The lowest BCUT2D eigenvalue weighted by atomic mass is 10.2. The van der Waals surface area contributed by atoms with Gasteiger partial charge in [0.1, 0.15) is 10.8 Å². The Balaban J connectivity index is 1.49. The van der Waals surface area contributed by atoms with Gasteiger partial charge in [-0.05, 0) is 38.1 Å². The van der Waals surface area contributed by atoms with E-state index >= 15 is 0 Å². The van der Waals surface area contributed by atoms with Crippen LogP contribution in [0.5, 0.6) is 0 Å². The van der Waals surface area contributed by atoms with E-state index in [1.807, 2.05) is 4.57 Å². The maximum absolute atomic E-state index is 13.2. The fourth-order valence-corrected chi connectivity index (χ4v) is 4.66. The van der Waals surface area contributed by atoms with Gasteiger partial charge in [0, 0.05) is 28.8 Å². The maximum atomic E-state index is 13.2. The number of halogens is 1. The molecule has 0 bridgehead atoms. The van der Waals surface area contributed by atoms with Crippen molar-refractivity contribution in [2.24, 2.45) is 0 Å². The highest BCUT2D eigenvalue weighted by Crippen LogP contribution is 2.29. The van der Waals surface area contributed by atoms with Gasteiger partial charge in [-0.2, -0.15) is 0 Å². The molecule has 0 N–H and O–H groups in total. The third-order valence-electron chi connectivity index (χ3n) is 4.33. The molecule has 2 aromatic heterocycles. The second-order valence-electron chi connectivity index (χ2n) is 6.36. The molecule has 4 nitrogen and oxygen atoms in total. The SMILES string of the molecule is CCn1c(SCc2csc(-c3ccc(C)cc3)n2)nnc1-c1ccc(F)cc1. The van der Waals surface area contributed by atoms with Crippen molar-refractivity contribution in [2.45, 2.75) is 31.3 Å². The topological polar surface area (TPSA) is 43.6 Å². The molecule has 28 heavy (non-hydrogen) atoms. The molecule has 2 aromatic carbocycles. The lowest BCUT2D eigenvalue weighted by Crippen LogP contribution is -2.00. The second kappa shape index (κ2) is 8.24. The van der Waals surface area contributed by atoms with Gasteiger partial charge in [0.05, 0.1) is 5.69 Å². The largest absolute Gasteiger partial charge is 0.302 e. The number of hydrogen-bond acceptors (Lipinski definition) is 5. The molecule has 142 valence electrons.